The maximum Gasteiger partial charge on any atom is 0.323 e. The summed E-state index contributed by atoms with van der Waals surface area (Å²) in [7, 11) is 0. The van der Waals surface area contributed by atoms with E-state index in [2.05, 4.69) is 15.3 Å². The number of rotatable bonds is 4. The van der Waals surface area contributed by atoms with Crippen LogP contribution < -0.4 is 5.32 Å². The number of carboxylic acids is 1. The number of fused-ring (bicyclic) bond motifs is 1. The maximum atomic E-state index is 10.9. The van der Waals surface area contributed by atoms with E-state index in [9.17, 15) is 4.79 Å². The van der Waals surface area contributed by atoms with Gasteiger partial charge in [-0.05, 0) is 19.9 Å². The fourth-order valence-corrected chi connectivity index (χ4v) is 1.35. The minimum atomic E-state index is -0.969. The third-order valence-corrected chi connectivity index (χ3v) is 2.53. The first-order valence-electron chi connectivity index (χ1n) is 5.26. The normalized spacial score (nSPS) is 11.9. The Bertz CT molecular complexity index is 514. The van der Waals surface area contributed by atoms with Gasteiger partial charge in [0.15, 0.2) is 0 Å². The van der Waals surface area contributed by atoms with Crippen molar-refractivity contribution in [2.24, 2.45) is 0 Å². The standard InChI is InChI=1S/C11H14N4O2/c1-11(2,9(16)17)13-6-8-7-15-5-3-4-12-10(15)14-8/h3-5,7,13H,6H2,1-2H3,(H,16,17). The quantitative estimate of drug-likeness (QED) is 0.813. The lowest BCUT2D eigenvalue weighted by atomic mass is 10.1. The average molecular weight is 234 g/mol. The molecule has 0 aliphatic carbocycles. The zero-order valence-corrected chi connectivity index (χ0v) is 9.71. The third-order valence-electron chi connectivity index (χ3n) is 2.53. The van der Waals surface area contributed by atoms with Gasteiger partial charge in [-0.1, -0.05) is 0 Å². The molecule has 0 aromatic carbocycles. The van der Waals surface area contributed by atoms with Crippen LogP contribution in [0.25, 0.3) is 5.78 Å². The molecule has 0 radical (unpaired) electrons. The summed E-state index contributed by atoms with van der Waals surface area (Å²) in [6.45, 7) is 3.62. The monoisotopic (exact) mass is 234 g/mol. The Labute approximate surface area is 98.3 Å². The Morgan fingerprint density at radius 1 is 1.59 bits per heavy atom. The predicted molar refractivity (Wildman–Crippen MR) is 61.5 cm³/mol. The molecule has 0 fully saturated rings. The molecule has 17 heavy (non-hydrogen) atoms. The molecular weight excluding hydrogens is 220 g/mol. The van der Waals surface area contributed by atoms with Crippen molar-refractivity contribution in [1.82, 2.24) is 19.7 Å². The van der Waals surface area contributed by atoms with Crippen LogP contribution in [0.4, 0.5) is 0 Å². The summed E-state index contributed by atoms with van der Waals surface area (Å²) >= 11 is 0. The molecule has 6 heteroatoms. The molecule has 90 valence electrons. The first kappa shape index (κ1) is 11.5. The van der Waals surface area contributed by atoms with E-state index in [0.29, 0.717) is 12.3 Å². The summed E-state index contributed by atoms with van der Waals surface area (Å²) in [5, 5.41) is 11.9. The highest BCUT2D eigenvalue weighted by atomic mass is 16.4. The van der Waals surface area contributed by atoms with E-state index in [1.165, 1.54) is 0 Å². The number of carbonyl (C=O) groups is 1. The minimum Gasteiger partial charge on any atom is -0.480 e. The van der Waals surface area contributed by atoms with E-state index in [1.807, 2.05) is 18.5 Å². The van der Waals surface area contributed by atoms with Crippen molar-refractivity contribution in [3.8, 4) is 0 Å². The number of hydrogen-bond acceptors (Lipinski definition) is 4. The SMILES string of the molecule is CC(C)(NCc1cn2cccnc2n1)C(=O)O. The predicted octanol–water partition coefficient (Wildman–Crippen LogP) is 0.682. The van der Waals surface area contributed by atoms with Crippen molar-refractivity contribution in [3.63, 3.8) is 0 Å². The van der Waals surface area contributed by atoms with Gasteiger partial charge in [-0.15, -0.1) is 0 Å². The van der Waals surface area contributed by atoms with E-state index in [1.54, 1.807) is 24.4 Å². The van der Waals surface area contributed by atoms with Gasteiger partial charge in [-0.3, -0.25) is 14.5 Å². The Morgan fingerprint density at radius 3 is 3.00 bits per heavy atom. The van der Waals surface area contributed by atoms with Crippen LogP contribution >= 0.6 is 0 Å². The van der Waals surface area contributed by atoms with Gasteiger partial charge in [0.2, 0.25) is 5.78 Å². The molecule has 2 aromatic rings. The third kappa shape index (κ3) is 2.42. The minimum absolute atomic E-state index is 0.392. The van der Waals surface area contributed by atoms with Crippen molar-refractivity contribution in [1.29, 1.82) is 0 Å². The van der Waals surface area contributed by atoms with Crippen molar-refractivity contribution < 1.29 is 9.90 Å². The van der Waals surface area contributed by atoms with Crippen LogP contribution in [0.3, 0.4) is 0 Å². The lowest BCUT2D eigenvalue weighted by molar-refractivity contribution is -0.143. The van der Waals surface area contributed by atoms with E-state index in [-0.39, 0.29) is 0 Å². The highest BCUT2D eigenvalue weighted by Crippen LogP contribution is 2.06. The molecule has 2 N–H and O–H groups in total. The van der Waals surface area contributed by atoms with E-state index < -0.39 is 11.5 Å². The van der Waals surface area contributed by atoms with Gasteiger partial charge in [0.25, 0.3) is 0 Å². The fourth-order valence-electron chi connectivity index (χ4n) is 1.35. The summed E-state index contributed by atoms with van der Waals surface area (Å²) in [5.74, 6) is -0.281. The molecule has 0 unspecified atom stereocenters. The molecule has 0 saturated heterocycles. The second kappa shape index (κ2) is 4.14. The summed E-state index contributed by atoms with van der Waals surface area (Å²) < 4.78 is 1.80. The van der Waals surface area contributed by atoms with E-state index in [0.717, 1.165) is 5.69 Å². The Kier molecular flexibility index (Phi) is 2.81. The molecule has 2 heterocycles. The molecule has 2 rings (SSSR count). The molecular formula is C11H14N4O2. The first-order chi connectivity index (χ1) is 7.99. The zero-order chi connectivity index (χ0) is 12.5. The number of aromatic nitrogens is 3. The summed E-state index contributed by atoms with van der Waals surface area (Å²) in [6.07, 6.45) is 5.34. The second-order valence-electron chi connectivity index (χ2n) is 4.34. The molecule has 0 aliphatic heterocycles. The zero-order valence-electron chi connectivity index (χ0n) is 9.71. The van der Waals surface area contributed by atoms with Gasteiger partial charge in [-0.2, -0.15) is 0 Å². The Morgan fingerprint density at radius 2 is 2.35 bits per heavy atom. The Hall–Kier alpha value is -1.95. The van der Waals surface area contributed by atoms with Crippen molar-refractivity contribution >= 4 is 11.7 Å². The van der Waals surface area contributed by atoms with Crippen LogP contribution in [0.15, 0.2) is 24.7 Å². The first-order valence-corrected chi connectivity index (χ1v) is 5.26. The van der Waals surface area contributed by atoms with Gasteiger partial charge in [-0.25, -0.2) is 9.97 Å². The van der Waals surface area contributed by atoms with Gasteiger partial charge in [0, 0.05) is 25.1 Å². The average Bonchev–Trinajstić information content (AvgIpc) is 2.69. The van der Waals surface area contributed by atoms with Crippen LogP contribution in [0, 0.1) is 0 Å². The number of aliphatic carboxylic acids is 1. The van der Waals surface area contributed by atoms with Gasteiger partial charge < -0.3 is 5.11 Å². The second-order valence-corrected chi connectivity index (χ2v) is 4.34. The summed E-state index contributed by atoms with van der Waals surface area (Å²) in [4.78, 5) is 19.3. The van der Waals surface area contributed by atoms with Gasteiger partial charge in [0.1, 0.15) is 5.54 Å². The number of hydrogen-bond donors (Lipinski definition) is 2. The van der Waals surface area contributed by atoms with E-state index >= 15 is 0 Å². The molecule has 0 spiro atoms. The fraction of sp³-hybridized carbons (Fsp3) is 0.364. The van der Waals surface area contributed by atoms with E-state index in [4.69, 9.17) is 5.11 Å². The van der Waals surface area contributed by atoms with Crippen LogP contribution in [0.2, 0.25) is 0 Å². The maximum absolute atomic E-state index is 10.9. The topological polar surface area (TPSA) is 79.5 Å². The van der Waals surface area contributed by atoms with Gasteiger partial charge in [0.05, 0.1) is 5.69 Å². The highest BCUT2D eigenvalue weighted by molar-refractivity contribution is 5.77. The smallest absolute Gasteiger partial charge is 0.323 e. The van der Waals surface area contributed by atoms with Crippen LogP contribution in [0.1, 0.15) is 19.5 Å². The largest absolute Gasteiger partial charge is 0.480 e. The molecule has 0 bridgehead atoms. The molecule has 0 aliphatic rings. The molecule has 0 amide bonds. The number of nitrogens with zero attached hydrogens (tertiary/aromatic N) is 3. The number of imidazole rings is 1. The lowest BCUT2D eigenvalue weighted by Crippen LogP contribution is -2.46. The lowest BCUT2D eigenvalue weighted by Gasteiger charge is -2.20. The molecule has 6 nitrogen and oxygen atoms in total. The van der Waals surface area contributed by atoms with Crippen LogP contribution in [-0.4, -0.2) is 31.0 Å². The molecule has 2 aromatic heterocycles. The summed E-state index contributed by atoms with van der Waals surface area (Å²) in [5.41, 5.74) is -0.207. The molecule has 0 atom stereocenters. The Balaban J connectivity index is 2.12. The number of carboxylic acid groups (broad SMARTS) is 1. The highest BCUT2D eigenvalue weighted by Gasteiger charge is 2.26. The van der Waals surface area contributed by atoms with Crippen LogP contribution in [-0.2, 0) is 11.3 Å². The van der Waals surface area contributed by atoms with Crippen molar-refractivity contribution in [3.05, 3.63) is 30.4 Å². The van der Waals surface area contributed by atoms with Crippen molar-refractivity contribution in [2.45, 2.75) is 25.9 Å². The van der Waals surface area contributed by atoms with Gasteiger partial charge >= 0.3 is 5.97 Å². The van der Waals surface area contributed by atoms with Crippen LogP contribution in [0.5, 0.6) is 0 Å². The number of nitrogens with one attached hydrogen (secondary N) is 1. The summed E-state index contributed by atoms with van der Waals surface area (Å²) in [6, 6.07) is 1.81. The molecule has 0 saturated carbocycles. The van der Waals surface area contributed by atoms with Crippen molar-refractivity contribution in [2.75, 3.05) is 0 Å².